The molecule has 0 aromatic rings. The van der Waals surface area contributed by atoms with Crippen LogP contribution in [0.4, 0.5) is 0 Å². The van der Waals surface area contributed by atoms with Crippen molar-refractivity contribution in [3.63, 3.8) is 0 Å². The summed E-state index contributed by atoms with van der Waals surface area (Å²) in [4.78, 5) is 0. The minimum Gasteiger partial charge on any atom is -0.0885 e. The van der Waals surface area contributed by atoms with Gasteiger partial charge in [0.15, 0.2) is 0 Å². The van der Waals surface area contributed by atoms with Crippen LogP contribution in [0, 0.1) is 17.8 Å². The molecule has 0 saturated heterocycles. The van der Waals surface area contributed by atoms with Crippen LogP contribution in [0.15, 0.2) is 48.1 Å². The Morgan fingerprint density at radius 1 is 0.889 bits per heavy atom. The molecule has 3 unspecified atom stereocenters. The molecule has 0 heterocycles. The second-order valence-electron chi connectivity index (χ2n) is 6.01. The molecule has 3 rings (SSSR count). The first-order chi connectivity index (χ1) is 8.93. The van der Waals surface area contributed by atoms with Crippen molar-refractivity contribution in [2.24, 2.45) is 17.8 Å². The number of rotatable bonds is 2. The van der Waals surface area contributed by atoms with E-state index in [2.05, 4.69) is 42.5 Å². The van der Waals surface area contributed by atoms with Crippen LogP contribution in [-0.2, 0) is 0 Å². The molecule has 0 radical (unpaired) electrons. The average molecular weight is 240 g/mol. The molecular weight excluding hydrogens is 216 g/mol. The third-order valence-electron chi connectivity index (χ3n) is 4.85. The third-order valence-corrected chi connectivity index (χ3v) is 4.85. The SMILES string of the molecule is C1=CCC(C2CCC=C(C3CC=CCC3)C2)C=C1. The lowest BCUT2D eigenvalue weighted by molar-refractivity contribution is 0.336. The van der Waals surface area contributed by atoms with E-state index in [-0.39, 0.29) is 0 Å². The summed E-state index contributed by atoms with van der Waals surface area (Å²) in [6.07, 6.45) is 25.8. The van der Waals surface area contributed by atoms with Gasteiger partial charge in [0, 0.05) is 0 Å². The molecule has 3 atom stereocenters. The van der Waals surface area contributed by atoms with E-state index in [0.29, 0.717) is 0 Å². The Hall–Kier alpha value is -1.04. The van der Waals surface area contributed by atoms with Crippen LogP contribution >= 0.6 is 0 Å². The highest BCUT2D eigenvalue weighted by atomic mass is 14.3. The highest BCUT2D eigenvalue weighted by Crippen LogP contribution is 2.39. The molecule has 0 aliphatic heterocycles. The van der Waals surface area contributed by atoms with Crippen LogP contribution < -0.4 is 0 Å². The van der Waals surface area contributed by atoms with E-state index in [1.165, 1.54) is 44.9 Å². The largest absolute Gasteiger partial charge is 0.0885 e. The zero-order chi connectivity index (χ0) is 12.2. The number of hydrogen-bond donors (Lipinski definition) is 0. The lowest BCUT2D eigenvalue weighted by Gasteiger charge is -2.32. The van der Waals surface area contributed by atoms with Crippen molar-refractivity contribution in [1.82, 2.24) is 0 Å². The summed E-state index contributed by atoms with van der Waals surface area (Å²) in [5.41, 5.74) is 1.78. The zero-order valence-electron chi connectivity index (χ0n) is 11.2. The monoisotopic (exact) mass is 240 g/mol. The van der Waals surface area contributed by atoms with Crippen molar-refractivity contribution in [1.29, 1.82) is 0 Å². The summed E-state index contributed by atoms with van der Waals surface area (Å²) < 4.78 is 0. The van der Waals surface area contributed by atoms with Gasteiger partial charge in [0.1, 0.15) is 0 Å². The van der Waals surface area contributed by atoms with Gasteiger partial charge in [0.2, 0.25) is 0 Å². The molecule has 0 amide bonds. The van der Waals surface area contributed by atoms with Crippen LogP contribution in [0.25, 0.3) is 0 Å². The van der Waals surface area contributed by atoms with Gasteiger partial charge in [-0.3, -0.25) is 0 Å². The second kappa shape index (κ2) is 5.73. The van der Waals surface area contributed by atoms with E-state index in [1.807, 2.05) is 0 Å². The molecule has 3 aliphatic carbocycles. The van der Waals surface area contributed by atoms with Crippen LogP contribution in [0.3, 0.4) is 0 Å². The van der Waals surface area contributed by atoms with Gasteiger partial charge in [-0.15, -0.1) is 0 Å². The van der Waals surface area contributed by atoms with Crippen LogP contribution in [0.1, 0.15) is 44.9 Å². The highest BCUT2D eigenvalue weighted by molar-refractivity contribution is 5.18. The van der Waals surface area contributed by atoms with Crippen molar-refractivity contribution in [2.45, 2.75) is 44.9 Å². The van der Waals surface area contributed by atoms with Crippen LogP contribution in [0.5, 0.6) is 0 Å². The first-order valence-corrected chi connectivity index (χ1v) is 7.61. The summed E-state index contributed by atoms with van der Waals surface area (Å²) in [5, 5.41) is 0. The smallest absolute Gasteiger partial charge is 0.0164 e. The summed E-state index contributed by atoms with van der Waals surface area (Å²) in [6, 6.07) is 0. The number of allylic oxidation sites excluding steroid dienone is 8. The summed E-state index contributed by atoms with van der Waals surface area (Å²) >= 11 is 0. The van der Waals surface area contributed by atoms with Gasteiger partial charge in [0.25, 0.3) is 0 Å². The molecule has 0 aromatic carbocycles. The molecule has 0 bridgehead atoms. The fourth-order valence-corrected chi connectivity index (χ4v) is 3.75. The quantitative estimate of drug-likeness (QED) is 0.582. The summed E-state index contributed by atoms with van der Waals surface area (Å²) in [6.45, 7) is 0. The van der Waals surface area contributed by atoms with Gasteiger partial charge in [-0.2, -0.15) is 0 Å². The van der Waals surface area contributed by atoms with E-state index in [0.717, 1.165) is 17.8 Å². The Morgan fingerprint density at radius 2 is 1.89 bits per heavy atom. The first kappa shape index (κ1) is 12.0. The maximum absolute atomic E-state index is 2.56. The molecule has 0 saturated carbocycles. The Kier molecular flexibility index (Phi) is 3.83. The topological polar surface area (TPSA) is 0 Å². The van der Waals surface area contributed by atoms with Crippen molar-refractivity contribution in [3.8, 4) is 0 Å². The first-order valence-electron chi connectivity index (χ1n) is 7.61. The van der Waals surface area contributed by atoms with E-state index in [1.54, 1.807) is 5.57 Å². The minimum absolute atomic E-state index is 0.804. The molecule has 96 valence electrons. The highest BCUT2D eigenvalue weighted by Gasteiger charge is 2.26. The van der Waals surface area contributed by atoms with Gasteiger partial charge in [-0.05, 0) is 62.7 Å². The van der Waals surface area contributed by atoms with Gasteiger partial charge in [-0.25, -0.2) is 0 Å². The van der Waals surface area contributed by atoms with Crippen molar-refractivity contribution < 1.29 is 0 Å². The second-order valence-corrected chi connectivity index (χ2v) is 6.01. The standard InChI is InChI=1S/C18H24/c1-3-8-15(9-4-1)17-12-7-13-18(14-17)16-10-5-2-6-11-16/h1-5,8,13,15-17H,6-7,9-12,14H2. The van der Waals surface area contributed by atoms with Crippen molar-refractivity contribution >= 4 is 0 Å². The van der Waals surface area contributed by atoms with E-state index in [9.17, 15) is 0 Å². The maximum atomic E-state index is 2.56. The number of hydrogen-bond acceptors (Lipinski definition) is 0. The molecule has 0 aromatic heterocycles. The van der Waals surface area contributed by atoms with Gasteiger partial charge in [-0.1, -0.05) is 48.1 Å². The predicted molar refractivity (Wildman–Crippen MR) is 78.3 cm³/mol. The van der Waals surface area contributed by atoms with Crippen molar-refractivity contribution in [3.05, 3.63) is 48.1 Å². The van der Waals surface area contributed by atoms with E-state index < -0.39 is 0 Å². The van der Waals surface area contributed by atoms with E-state index >= 15 is 0 Å². The third kappa shape index (κ3) is 2.68. The maximum Gasteiger partial charge on any atom is -0.0164 e. The van der Waals surface area contributed by atoms with Crippen LogP contribution in [0.2, 0.25) is 0 Å². The average Bonchev–Trinajstić information content (AvgIpc) is 2.49. The molecule has 3 aliphatic rings. The molecule has 0 heteroatoms. The van der Waals surface area contributed by atoms with Gasteiger partial charge < -0.3 is 0 Å². The van der Waals surface area contributed by atoms with Crippen LogP contribution in [-0.4, -0.2) is 0 Å². The normalized spacial score (nSPS) is 35.6. The Morgan fingerprint density at radius 3 is 2.67 bits per heavy atom. The molecule has 18 heavy (non-hydrogen) atoms. The Balaban J connectivity index is 1.64. The molecule has 0 nitrogen and oxygen atoms in total. The minimum atomic E-state index is 0.804. The molecule has 0 N–H and O–H groups in total. The van der Waals surface area contributed by atoms with Gasteiger partial charge >= 0.3 is 0 Å². The fourth-order valence-electron chi connectivity index (χ4n) is 3.75. The Labute approximate surface area is 111 Å². The predicted octanol–water partition coefficient (Wildman–Crippen LogP) is 5.20. The zero-order valence-corrected chi connectivity index (χ0v) is 11.2. The summed E-state index contributed by atoms with van der Waals surface area (Å²) in [7, 11) is 0. The lowest BCUT2D eigenvalue weighted by atomic mass is 9.73. The molecule has 0 fully saturated rings. The van der Waals surface area contributed by atoms with E-state index in [4.69, 9.17) is 0 Å². The Bertz CT molecular complexity index is 394. The van der Waals surface area contributed by atoms with Crippen molar-refractivity contribution in [2.75, 3.05) is 0 Å². The molecule has 0 spiro atoms. The fraction of sp³-hybridized carbons (Fsp3) is 0.556. The lowest BCUT2D eigenvalue weighted by Crippen LogP contribution is -2.20. The summed E-state index contributed by atoms with van der Waals surface area (Å²) in [5.74, 6) is 2.57. The van der Waals surface area contributed by atoms with Gasteiger partial charge in [0.05, 0.1) is 0 Å². The molecular formula is C18H24.